The van der Waals surface area contributed by atoms with Gasteiger partial charge in [-0.3, -0.25) is 4.79 Å². The Labute approximate surface area is 184 Å². The van der Waals surface area contributed by atoms with E-state index in [4.69, 9.17) is 11.6 Å². The highest BCUT2D eigenvalue weighted by molar-refractivity contribution is 7.89. The van der Waals surface area contributed by atoms with Gasteiger partial charge in [-0.25, -0.2) is 13.1 Å². The van der Waals surface area contributed by atoms with Gasteiger partial charge >= 0.3 is 0 Å². The molecule has 0 aliphatic heterocycles. The van der Waals surface area contributed by atoms with E-state index in [2.05, 4.69) is 4.72 Å². The van der Waals surface area contributed by atoms with Gasteiger partial charge in [0.05, 0.1) is 28.6 Å². The molecule has 1 amide bonds. The van der Waals surface area contributed by atoms with Crippen LogP contribution in [-0.4, -0.2) is 25.3 Å². The quantitative estimate of drug-likeness (QED) is 0.506. The summed E-state index contributed by atoms with van der Waals surface area (Å²) in [6.07, 6.45) is 0. The molecule has 0 atom stereocenters. The molecule has 0 unspecified atom stereocenters. The Balaban J connectivity index is 1.95. The molecule has 3 rings (SSSR count). The molecule has 5 nitrogen and oxygen atoms in total. The molecule has 0 fully saturated rings. The van der Waals surface area contributed by atoms with Crippen molar-refractivity contribution < 1.29 is 13.2 Å². The Morgan fingerprint density at radius 1 is 1.07 bits per heavy atom. The summed E-state index contributed by atoms with van der Waals surface area (Å²) < 4.78 is 27.6. The van der Waals surface area contributed by atoms with Crippen molar-refractivity contribution in [2.24, 2.45) is 0 Å². The summed E-state index contributed by atoms with van der Waals surface area (Å²) in [6, 6.07) is 11.8. The van der Waals surface area contributed by atoms with Crippen LogP contribution >= 0.6 is 34.3 Å². The zero-order valence-corrected chi connectivity index (χ0v) is 19.2. The maximum atomic E-state index is 13.4. The van der Waals surface area contributed by atoms with Crippen molar-refractivity contribution in [1.82, 2.24) is 9.62 Å². The molecule has 9 heteroatoms. The monoisotopic (exact) mass is 468 g/mol. The molecule has 0 saturated heterocycles. The largest absolute Gasteiger partial charge is 0.328 e. The second kappa shape index (κ2) is 9.40. The van der Waals surface area contributed by atoms with Gasteiger partial charge in [0.15, 0.2) is 0 Å². The highest BCUT2D eigenvalue weighted by atomic mass is 35.5. The van der Waals surface area contributed by atoms with Crippen molar-refractivity contribution in [3.05, 3.63) is 73.6 Å². The number of halogens is 1. The predicted molar refractivity (Wildman–Crippen MR) is 119 cm³/mol. The molecule has 154 valence electrons. The molecule has 29 heavy (non-hydrogen) atoms. The van der Waals surface area contributed by atoms with E-state index >= 15 is 0 Å². The number of benzene rings is 1. The Morgan fingerprint density at radius 3 is 2.14 bits per heavy atom. The van der Waals surface area contributed by atoms with E-state index in [0.717, 1.165) is 9.75 Å². The summed E-state index contributed by atoms with van der Waals surface area (Å²) in [5.41, 5.74) is 0.173. The first kappa shape index (κ1) is 22.0. The minimum absolute atomic E-state index is 0.0196. The fraction of sp³-hybridized carbons (Fsp3) is 0.250. The second-order valence-electron chi connectivity index (χ2n) is 6.74. The van der Waals surface area contributed by atoms with Crippen molar-refractivity contribution in [3.8, 4) is 0 Å². The van der Waals surface area contributed by atoms with Crippen LogP contribution < -0.4 is 4.72 Å². The van der Waals surface area contributed by atoms with E-state index in [1.165, 1.54) is 18.2 Å². The summed E-state index contributed by atoms with van der Waals surface area (Å²) in [5.74, 6) is -0.307. The SMILES string of the molecule is CC(C)NS(=O)(=O)c1ccc(Cl)c(C(=O)N(Cc2cccs2)Cc2cccs2)c1. The molecule has 1 aromatic carbocycles. The number of nitrogens with zero attached hydrogens (tertiary/aromatic N) is 1. The summed E-state index contributed by atoms with van der Waals surface area (Å²) in [5, 5.41) is 4.14. The maximum absolute atomic E-state index is 13.4. The number of hydrogen-bond acceptors (Lipinski definition) is 5. The van der Waals surface area contributed by atoms with Crippen LogP contribution in [0, 0.1) is 0 Å². The molecular weight excluding hydrogens is 448 g/mol. The van der Waals surface area contributed by atoms with Crippen molar-refractivity contribution >= 4 is 50.2 Å². The van der Waals surface area contributed by atoms with Crippen LogP contribution in [0.25, 0.3) is 0 Å². The second-order valence-corrected chi connectivity index (χ2v) is 10.9. The number of thiophene rings is 2. The van der Waals surface area contributed by atoms with Gasteiger partial charge in [0.25, 0.3) is 5.91 Å². The van der Waals surface area contributed by atoms with Crippen LogP contribution in [0.2, 0.25) is 5.02 Å². The summed E-state index contributed by atoms with van der Waals surface area (Å²) in [7, 11) is -3.73. The topological polar surface area (TPSA) is 66.5 Å². The molecule has 0 aliphatic rings. The fourth-order valence-corrected chi connectivity index (χ4v) is 5.68. The van der Waals surface area contributed by atoms with Gasteiger partial charge in [0.1, 0.15) is 0 Å². The van der Waals surface area contributed by atoms with Gasteiger partial charge in [-0.05, 0) is 54.9 Å². The number of amides is 1. The lowest BCUT2D eigenvalue weighted by Crippen LogP contribution is -2.32. The molecule has 0 aliphatic carbocycles. The van der Waals surface area contributed by atoms with Crippen LogP contribution in [0.3, 0.4) is 0 Å². The average molecular weight is 469 g/mol. The Hall–Kier alpha value is -1.71. The number of hydrogen-bond donors (Lipinski definition) is 1. The van der Waals surface area contributed by atoms with E-state index < -0.39 is 10.0 Å². The van der Waals surface area contributed by atoms with Crippen LogP contribution in [0.1, 0.15) is 34.0 Å². The third-order valence-corrected chi connectivity index (χ3v) is 7.72. The highest BCUT2D eigenvalue weighted by Gasteiger charge is 2.23. The fourth-order valence-electron chi connectivity index (χ4n) is 2.76. The molecule has 0 saturated carbocycles. The smallest absolute Gasteiger partial charge is 0.256 e. The summed E-state index contributed by atoms with van der Waals surface area (Å²) in [6.45, 7) is 4.32. The van der Waals surface area contributed by atoms with Crippen LogP contribution in [0.15, 0.2) is 58.1 Å². The summed E-state index contributed by atoms with van der Waals surface area (Å²) >= 11 is 9.43. The van der Waals surface area contributed by atoms with Gasteiger partial charge in [-0.15, -0.1) is 22.7 Å². The van der Waals surface area contributed by atoms with E-state index in [9.17, 15) is 13.2 Å². The van der Waals surface area contributed by atoms with Crippen molar-refractivity contribution in [3.63, 3.8) is 0 Å². The lowest BCUT2D eigenvalue weighted by molar-refractivity contribution is 0.0733. The predicted octanol–water partition coefficient (Wildman–Crippen LogP) is 4.99. The minimum atomic E-state index is -3.73. The molecule has 0 bridgehead atoms. The van der Waals surface area contributed by atoms with E-state index in [0.29, 0.717) is 13.1 Å². The average Bonchev–Trinajstić information content (AvgIpc) is 3.34. The van der Waals surface area contributed by atoms with Gasteiger partial charge < -0.3 is 4.90 Å². The molecule has 0 spiro atoms. The Morgan fingerprint density at radius 2 is 1.66 bits per heavy atom. The first-order chi connectivity index (χ1) is 13.8. The van der Waals surface area contributed by atoms with Crippen LogP contribution in [-0.2, 0) is 23.1 Å². The Bertz CT molecular complexity index is 1030. The van der Waals surface area contributed by atoms with E-state index in [1.807, 2.05) is 35.0 Å². The molecular formula is C20H21ClN2O3S3. The normalized spacial score (nSPS) is 11.7. The van der Waals surface area contributed by atoms with Crippen LogP contribution in [0.5, 0.6) is 0 Å². The minimum Gasteiger partial charge on any atom is -0.328 e. The molecule has 0 radical (unpaired) electrons. The third kappa shape index (κ3) is 5.67. The lowest BCUT2D eigenvalue weighted by atomic mass is 10.2. The van der Waals surface area contributed by atoms with Gasteiger partial charge in [-0.1, -0.05) is 23.7 Å². The Kier molecular flexibility index (Phi) is 7.13. The standard InChI is InChI=1S/C20H21ClN2O3S3/c1-14(2)22-29(25,26)17-7-8-19(21)18(11-17)20(24)23(12-15-5-3-9-27-15)13-16-6-4-10-28-16/h3-11,14,22H,12-13H2,1-2H3. The van der Waals surface area contributed by atoms with Crippen molar-refractivity contribution in [2.75, 3.05) is 0 Å². The highest BCUT2D eigenvalue weighted by Crippen LogP contribution is 2.25. The zero-order chi connectivity index (χ0) is 21.0. The van der Waals surface area contributed by atoms with Gasteiger partial charge in [-0.2, -0.15) is 0 Å². The third-order valence-electron chi connectivity index (χ3n) is 4.01. The molecule has 3 aromatic rings. The van der Waals surface area contributed by atoms with Gasteiger partial charge in [0.2, 0.25) is 10.0 Å². The first-order valence-electron chi connectivity index (χ1n) is 8.92. The van der Waals surface area contributed by atoms with Crippen molar-refractivity contribution in [2.45, 2.75) is 37.9 Å². The number of nitrogens with one attached hydrogen (secondary N) is 1. The number of rotatable bonds is 8. The lowest BCUT2D eigenvalue weighted by Gasteiger charge is -2.22. The first-order valence-corrected chi connectivity index (χ1v) is 12.5. The van der Waals surface area contributed by atoms with Crippen molar-refractivity contribution in [1.29, 1.82) is 0 Å². The van der Waals surface area contributed by atoms with E-state index in [-0.39, 0.29) is 27.4 Å². The molecule has 2 aromatic heterocycles. The van der Waals surface area contributed by atoms with Gasteiger partial charge in [0, 0.05) is 15.8 Å². The molecule has 1 N–H and O–H groups in total. The maximum Gasteiger partial charge on any atom is 0.256 e. The zero-order valence-electron chi connectivity index (χ0n) is 16.0. The van der Waals surface area contributed by atoms with E-state index in [1.54, 1.807) is 41.4 Å². The van der Waals surface area contributed by atoms with Crippen LogP contribution in [0.4, 0.5) is 0 Å². The number of carbonyl (C=O) groups is 1. The molecule has 2 heterocycles. The number of sulfonamides is 1. The summed E-state index contributed by atoms with van der Waals surface area (Å²) in [4.78, 5) is 17.1. The number of carbonyl (C=O) groups excluding carboxylic acids is 1.